The summed E-state index contributed by atoms with van der Waals surface area (Å²) in [5, 5.41) is 0. The van der Waals surface area contributed by atoms with Crippen LogP contribution < -0.4 is 0 Å². The Labute approximate surface area is 110 Å². The summed E-state index contributed by atoms with van der Waals surface area (Å²) < 4.78 is 5.45. The first-order valence-electron chi connectivity index (χ1n) is 7.25. The molecule has 0 aromatic carbocycles. The van der Waals surface area contributed by atoms with E-state index in [1.54, 1.807) is 0 Å². The molecule has 1 amide bonds. The van der Waals surface area contributed by atoms with E-state index in [1.165, 1.54) is 25.8 Å². The van der Waals surface area contributed by atoms with E-state index < -0.39 is 0 Å². The molecule has 2 atom stereocenters. The Kier molecular flexibility index (Phi) is 5.01. The largest absolute Gasteiger partial charge is 0.368 e. The summed E-state index contributed by atoms with van der Waals surface area (Å²) >= 11 is 0. The summed E-state index contributed by atoms with van der Waals surface area (Å²) in [6.45, 7) is 2.80. The molecule has 0 spiro atoms. The lowest BCUT2D eigenvalue weighted by atomic mass is 10.00. The van der Waals surface area contributed by atoms with Crippen LogP contribution in [0.4, 0.5) is 0 Å². The molecule has 0 radical (unpaired) electrons. The monoisotopic (exact) mass is 254 g/mol. The standard InChI is InChI=1S/C14H26N2O2/c1-15-9-4-3-6-12(15)8-10-16(2)14(17)13-7-5-11-18-13/h12-13H,3-11H2,1-2H3/t12-,13+/m0/s1. The molecule has 0 saturated carbocycles. The summed E-state index contributed by atoms with van der Waals surface area (Å²) in [6.07, 6.45) is 6.77. The number of hydrogen-bond donors (Lipinski definition) is 0. The van der Waals surface area contributed by atoms with Gasteiger partial charge in [0, 0.05) is 26.2 Å². The molecule has 4 heteroatoms. The number of carbonyl (C=O) groups is 1. The fourth-order valence-corrected chi connectivity index (χ4v) is 2.98. The van der Waals surface area contributed by atoms with Crippen LogP contribution in [-0.4, -0.2) is 61.6 Å². The normalized spacial score (nSPS) is 29.4. The third-order valence-electron chi connectivity index (χ3n) is 4.30. The summed E-state index contributed by atoms with van der Waals surface area (Å²) in [4.78, 5) is 16.4. The molecule has 2 aliphatic heterocycles. The first-order chi connectivity index (χ1) is 8.68. The number of carbonyl (C=O) groups excluding carboxylic acids is 1. The van der Waals surface area contributed by atoms with Gasteiger partial charge in [-0.2, -0.15) is 0 Å². The first-order valence-corrected chi connectivity index (χ1v) is 7.25. The van der Waals surface area contributed by atoms with Crippen molar-refractivity contribution in [3.8, 4) is 0 Å². The maximum atomic E-state index is 12.1. The van der Waals surface area contributed by atoms with Gasteiger partial charge >= 0.3 is 0 Å². The maximum Gasteiger partial charge on any atom is 0.251 e. The van der Waals surface area contributed by atoms with Gasteiger partial charge in [-0.15, -0.1) is 0 Å². The highest BCUT2D eigenvalue weighted by atomic mass is 16.5. The molecule has 0 N–H and O–H groups in total. The van der Waals surface area contributed by atoms with E-state index in [1.807, 2.05) is 11.9 Å². The highest BCUT2D eigenvalue weighted by molar-refractivity contribution is 5.80. The Hall–Kier alpha value is -0.610. The molecule has 18 heavy (non-hydrogen) atoms. The molecule has 0 aromatic heterocycles. The van der Waals surface area contributed by atoms with E-state index in [-0.39, 0.29) is 12.0 Å². The number of ether oxygens (including phenoxy) is 1. The van der Waals surface area contributed by atoms with Crippen molar-refractivity contribution in [2.75, 3.05) is 33.8 Å². The quantitative estimate of drug-likeness (QED) is 0.762. The van der Waals surface area contributed by atoms with Crippen LogP contribution in [0.3, 0.4) is 0 Å². The maximum absolute atomic E-state index is 12.1. The summed E-state index contributed by atoms with van der Waals surface area (Å²) in [6, 6.07) is 0.651. The third kappa shape index (κ3) is 3.45. The van der Waals surface area contributed by atoms with Crippen molar-refractivity contribution < 1.29 is 9.53 Å². The molecular formula is C14H26N2O2. The van der Waals surface area contributed by atoms with Gasteiger partial charge in [-0.3, -0.25) is 4.79 Å². The second kappa shape index (κ2) is 6.53. The molecule has 0 unspecified atom stereocenters. The average Bonchev–Trinajstić information content (AvgIpc) is 2.90. The second-order valence-electron chi connectivity index (χ2n) is 5.68. The van der Waals surface area contributed by atoms with E-state index in [4.69, 9.17) is 4.74 Å². The van der Waals surface area contributed by atoms with Crippen LogP contribution in [0.2, 0.25) is 0 Å². The fraction of sp³-hybridized carbons (Fsp3) is 0.929. The van der Waals surface area contributed by atoms with E-state index in [9.17, 15) is 4.79 Å². The van der Waals surface area contributed by atoms with Crippen LogP contribution in [-0.2, 0) is 9.53 Å². The molecule has 104 valence electrons. The average molecular weight is 254 g/mol. The van der Waals surface area contributed by atoms with Gasteiger partial charge in [-0.05, 0) is 45.7 Å². The Morgan fingerprint density at radius 1 is 1.33 bits per heavy atom. The van der Waals surface area contributed by atoms with Crippen LogP contribution >= 0.6 is 0 Å². The number of amides is 1. The van der Waals surface area contributed by atoms with Gasteiger partial charge in [-0.1, -0.05) is 6.42 Å². The predicted octanol–water partition coefficient (Wildman–Crippen LogP) is 1.50. The van der Waals surface area contributed by atoms with E-state index in [2.05, 4.69) is 11.9 Å². The zero-order valence-corrected chi connectivity index (χ0v) is 11.7. The molecule has 0 aliphatic carbocycles. The van der Waals surface area contributed by atoms with Crippen molar-refractivity contribution in [1.82, 2.24) is 9.80 Å². The number of piperidine rings is 1. The lowest BCUT2D eigenvalue weighted by Gasteiger charge is -2.33. The SMILES string of the molecule is CN(CC[C@@H]1CCCCN1C)C(=O)[C@H]1CCCO1. The zero-order valence-electron chi connectivity index (χ0n) is 11.7. The first kappa shape index (κ1) is 13.8. The summed E-state index contributed by atoms with van der Waals surface area (Å²) in [5.74, 6) is 0.172. The Morgan fingerprint density at radius 2 is 2.17 bits per heavy atom. The van der Waals surface area contributed by atoms with Gasteiger partial charge in [0.1, 0.15) is 6.10 Å². The van der Waals surface area contributed by atoms with Gasteiger partial charge in [0.15, 0.2) is 0 Å². The highest BCUT2D eigenvalue weighted by Gasteiger charge is 2.27. The van der Waals surface area contributed by atoms with Crippen molar-refractivity contribution in [3.05, 3.63) is 0 Å². The minimum atomic E-state index is -0.168. The van der Waals surface area contributed by atoms with Crippen molar-refractivity contribution in [1.29, 1.82) is 0 Å². The smallest absolute Gasteiger partial charge is 0.251 e. The Balaban J connectivity index is 1.73. The minimum Gasteiger partial charge on any atom is -0.368 e. The van der Waals surface area contributed by atoms with Crippen molar-refractivity contribution in [2.45, 2.75) is 50.7 Å². The topological polar surface area (TPSA) is 32.8 Å². The number of likely N-dealkylation sites (tertiary alicyclic amines) is 1. The molecule has 0 bridgehead atoms. The highest BCUT2D eigenvalue weighted by Crippen LogP contribution is 2.19. The summed E-state index contributed by atoms with van der Waals surface area (Å²) in [5.41, 5.74) is 0. The third-order valence-corrected chi connectivity index (χ3v) is 4.30. The van der Waals surface area contributed by atoms with Crippen molar-refractivity contribution in [2.24, 2.45) is 0 Å². The van der Waals surface area contributed by atoms with Gasteiger partial charge in [0.05, 0.1) is 0 Å². The van der Waals surface area contributed by atoms with E-state index >= 15 is 0 Å². The number of likely N-dealkylation sites (N-methyl/N-ethyl adjacent to an activating group) is 1. The lowest BCUT2D eigenvalue weighted by molar-refractivity contribution is -0.139. The van der Waals surface area contributed by atoms with Gasteiger partial charge in [-0.25, -0.2) is 0 Å². The van der Waals surface area contributed by atoms with Crippen LogP contribution in [0.25, 0.3) is 0 Å². The minimum absolute atomic E-state index is 0.168. The summed E-state index contributed by atoms with van der Waals surface area (Å²) in [7, 11) is 4.11. The molecule has 2 heterocycles. The van der Waals surface area contributed by atoms with E-state index in [0.29, 0.717) is 6.04 Å². The van der Waals surface area contributed by atoms with E-state index in [0.717, 1.165) is 32.4 Å². The fourth-order valence-electron chi connectivity index (χ4n) is 2.98. The number of hydrogen-bond acceptors (Lipinski definition) is 3. The Morgan fingerprint density at radius 3 is 2.83 bits per heavy atom. The molecule has 2 saturated heterocycles. The van der Waals surface area contributed by atoms with Crippen LogP contribution in [0.5, 0.6) is 0 Å². The van der Waals surface area contributed by atoms with Gasteiger partial charge in [0.25, 0.3) is 5.91 Å². The van der Waals surface area contributed by atoms with Crippen LogP contribution in [0.1, 0.15) is 38.5 Å². The van der Waals surface area contributed by atoms with Gasteiger partial charge < -0.3 is 14.5 Å². The molecule has 0 aromatic rings. The molecule has 4 nitrogen and oxygen atoms in total. The molecule has 2 fully saturated rings. The zero-order chi connectivity index (χ0) is 13.0. The van der Waals surface area contributed by atoms with Crippen molar-refractivity contribution >= 4 is 5.91 Å². The predicted molar refractivity (Wildman–Crippen MR) is 71.5 cm³/mol. The van der Waals surface area contributed by atoms with Crippen molar-refractivity contribution in [3.63, 3.8) is 0 Å². The van der Waals surface area contributed by atoms with Crippen LogP contribution in [0, 0.1) is 0 Å². The van der Waals surface area contributed by atoms with Gasteiger partial charge in [0.2, 0.25) is 0 Å². The number of nitrogens with zero attached hydrogens (tertiary/aromatic N) is 2. The van der Waals surface area contributed by atoms with Crippen LogP contribution in [0.15, 0.2) is 0 Å². The molecular weight excluding hydrogens is 228 g/mol. The Bertz CT molecular complexity index is 277. The lowest BCUT2D eigenvalue weighted by Crippen LogP contribution is -2.41. The molecule has 2 rings (SSSR count). The molecule has 2 aliphatic rings. The number of rotatable bonds is 4. The second-order valence-corrected chi connectivity index (χ2v) is 5.68.